The first-order chi connectivity index (χ1) is 34.5. The minimum absolute atomic E-state index is 0.0660. The molecule has 0 amide bonds. The maximum Gasteiger partial charge on any atom is 0.306 e. The molecule has 1 unspecified atom stereocenters. The molecular weight excluding hydrogens is 865 g/mol. The Bertz CT molecular complexity index is 1090. The Balaban J connectivity index is 4.31. The molecule has 0 aliphatic heterocycles. The largest absolute Gasteiger partial charge is 0.462 e. The molecule has 6 heteroatoms. The van der Waals surface area contributed by atoms with E-state index in [1.807, 2.05) is 0 Å². The van der Waals surface area contributed by atoms with Crippen molar-refractivity contribution in [2.24, 2.45) is 0 Å². The standard InChI is InChI=1S/C64H122O6/c1-4-7-10-13-16-19-22-25-28-31-34-36-39-42-45-48-51-54-57-63(66)69-60-61(70-64(67)58-55-52-49-46-43-40-37-33-30-27-24-21-18-15-12-9-6-3)59-68-62(65)56-53-50-47-44-41-38-35-32-29-26-23-20-17-14-11-8-5-2/h34,36,61H,4-33,35,37-60H2,1-3H3/b36-34-. The lowest BCUT2D eigenvalue weighted by atomic mass is 10.0. The van der Waals surface area contributed by atoms with Crippen LogP contribution in [0.4, 0.5) is 0 Å². The summed E-state index contributed by atoms with van der Waals surface area (Å²) in [5.74, 6) is -0.844. The molecule has 0 N–H and O–H groups in total. The average Bonchev–Trinajstić information content (AvgIpc) is 3.36. The number of unbranched alkanes of at least 4 members (excludes halogenated alkanes) is 46. The highest BCUT2D eigenvalue weighted by molar-refractivity contribution is 5.71. The second-order valence-corrected chi connectivity index (χ2v) is 21.7. The van der Waals surface area contributed by atoms with Crippen LogP contribution in [-0.4, -0.2) is 37.2 Å². The van der Waals surface area contributed by atoms with E-state index < -0.39 is 6.10 Å². The van der Waals surface area contributed by atoms with E-state index in [-0.39, 0.29) is 31.1 Å². The molecule has 0 aromatic heterocycles. The summed E-state index contributed by atoms with van der Waals surface area (Å²) in [5, 5.41) is 0. The van der Waals surface area contributed by atoms with Gasteiger partial charge in [0, 0.05) is 19.3 Å². The predicted octanol–water partition coefficient (Wildman–Crippen LogP) is 21.3. The Morgan fingerprint density at radius 1 is 0.271 bits per heavy atom. The van der Waals surface area contributed by atoms with Gasteiger partial charge in [0.05, 0.1) is 0 Å². The van der Waals surface area contributed by atoms with Gasteiger partial charge in [0.25, 0.3) is 0 Å². The summed E-state index contributed by atoms with van der Waals surface area (Å²) < 4.78 is 16.9. The molecule has 0 spiro atoms. The Kier molecular flexibility index (Phi) is 58.1. The monoisotopic (exact) mass is 987 g/mol. The van der Waals surface area contributed by atoms with Crippen molar-refractivity contribution in [3.05, 3.63) is 12.2 Å². The van der Waals surface area contributed by atoms with Crippen molar-refractivity contribution in [1.82, 2.24) is 0 Å². The van der Waals surface area contributed by atoms with Gasteiger partial charge in [-0.05, 0) is 44.9 Å². The van der Waals surface area contributed by atoms with E-state index in [4.69, 9.17) is 14.2 Å². The summed E-state index contributed by atoms with van der Waals surface area (Å²) in [6, 6.07) is 0. The molecule has 0 radical (unpaired) electrons. The summed E-state index contributed by atoms with van der Waals surface area (Å²) >= 11 is 0. The fourth-order valence-corrected chi connectivity index (χ4v) is 9.74. The Morgan fingerprint density at radius 3 is 0.714 bits per heavy atom. The highest BCUT2D eigenvalue weighted by atomic mass is 16.6. The number of allylic oxidation sites excluding steroid dienone is 2. The summed E-state index contributed by atoms with van der Waals surface area (Å²) in [6.45, 7) is 6.71. The number of rotatable bonds is 59. The first kappa shape index (κ1) is 68.2. The first-order valence-corrected chi connectivity index (χ1v) is 31.7. The fourth-order valence-electron chi connectivity index (χ4n) is 9.74. The molecule has 0 aromatic rings. The van der Waals surface area contributed by atoms with E-state index in [0.717, 1.165) is 64.2 Å². The lowest BCUT2D eigenvalue weighted by molar-refractivity contribution is -0.167. The van der Waals surface area contributed by atoms with Crippen molar-refractivity contribution in [2.75, 3.05) is 13.2 Å². The van der Waals surface area contributed by atoms with E-state index in [0.29, 0.717) is 19.3 Å². The number of carbonyl (C=O) groups is 3. The molecule has 0 fully saturated rings. The first-order valence-electron chi connectivity index (χ1n) is 31.7. The van der Waals surface area contributed by atoms with E-state index >= 15 is 0 Å². The predicted molar refractivity (Wildman–Crippen MR) is 303 cm³/mol. The molecule has 0 aromatic carbocycles. The van der Waals surface area contributed by atoms with E-state index in [9.17, 15) is 14.4 Å². The van der Waals surface area contributed by atoms with Crippen molar-refractivity contribution in [2.45, 2.75) is 367 Å². The summed E-state index contributed by atoms with van der Waals surface area (Å²) in [4.78, 5) is 38.3. The van der Waals surface area contributed by atoms with E-state index in [2.05, 4.69) is 32.9 Å². The van der Waals surface area contributed by atoms with E-state index in [1.165, 1.54) is 257 Å². The van der Waals surface area contributed by atoms with Crippen LogP contribution < -0.4 is 0 Å². The summed E-state index contributed by atoms with van der Waals surface area (Å²) in [5.41, 5.74) is 0. The minimum atomic E-state index is -0.768. The molecule has 0 aliphatic carbocycles. The van der Waals surface area contributed by atoms with Crippen LogP contribution in [0.15, 0.2) is 12.2 Å². The number of hydrogen-bond donors (Lipinski definition) is 0. The average molecular weight is 988 g/mol. The van der Waals surface area contributed by atoms with Crippen LogP contribution in [-0.2, 0) is 28.6 Å². The maximum atomic E-state index is 12.9. The van der Waals surface area contributed by atoms with Crippen LogP contribution in [0.3, 0.4) is 0 Å². The molecule has 0 bridgehead atoms. The highest BCUT2D eigenvalue weighted by Gasteiger charge is 2.19. The highest BCUT2D eigenvalue weighted by Crippen LogP contribution is 2.18. The summed E-state index contributed by atoms with van der Waals surface area (Å²) in [7, 11) is 0. The molecule has 0 heterocycles. The molecular formula is C64H122O6. The quantitative estimate of drug-likeness (QED) is 0.0261. The smallest absolute Gasteiger partial charge is 0.306 e. The fraction of sp³-hybridized carbons (Fsp3) is 0.922. The van der Waals surface area contributed by atoms with Gasteiger partial charge in [-0.2, -0.15) is 0 Å². The zero-order chi connectivity index (χ0) is 50.7. The number of hydrogen-bond acceptors (Lipinski definition) is 6. The normalized spacial score (nSPS) is 12.0. The van der Waals surface area contributed by atoms with Crippen LogP contribution in [0.25, 0.3) is 0 Å². The van der Waals surface area contributed by atoms with Crippen LogP contribution in [0.5, 0.6) is 0 Å². The Hall–Kier alpha value is -1.85. The maximum absolute atomic E-state index is 12.9. The number of esters is 3. The van der Waals surface area contributed by atoms with E-state index in [1.54, 1.807) is 0 Å². The van der Waals surface area contributed by atoms with Crippen LogP contribution in [0, 0.1) is 0 Å². The molecule has 0 saturated heterocycles. The lowest BCUT2D eigenvalue weighted by Gasteiger charge is -2.18. The minimum Gasteiger partial charge on any atom is -0.462 e. The van der Waals surface area contributed by atoms with Gasteiger partial charge in [-0.15, -0.1) is 0 Å². The van der Waals surface area contributed by atoms with Crippen LogP contribution in [0.2, 0.25) is 0 Å². The van der Waals surface area contributed by atoms with Crippen molar-refractivity contribution in [1.29, 1.82) is 0 Å². The Labute approximate surface area is 437 Å². The zero-order valence-corrected chi connectivity index (χ0v) is 47.6. The molecule has 70 heavy (non-hydrogen) atoms. The number of ether oxygens (including phenoxy) is 3. The van der Waals surface area contributed by atoms with Crippen LogP contribution in [0.1, 0.15) is 361 Å². The van der Waals surface area contributed by atoms with Gasteiger partial charge in [0.1, 0.15) is 13.2 Å². The zero-order valence-electron chi connectivity index (χ0n) is 47.6. The van der Waals surface area contributed by atoms with Crippen LogP contribution >= 0.6 is 0 Å². The molecule has 0 aliphatic rings. The van der Waals surface area contributed by atoms with Gasteiger partial charge in [-0.1, -0.05) is 309 Å². The second kappa shape index (κ2) is 59.7. The second-order valence-electron chi connectivity index (χ2n) is 21.7. The van der Waals surface area contributed by atoms with Crippen molar-refractivity contribution >= 4 is 17.9 Å². The van der Waals surface area contributed by atoms with Crippen molar-refractivity contribution in [3.8, 4) is 0 Å². The third kappa shape index (κ3) is 57.1. The molecule has 6 nitrogen and oxygen atoms in total. The molecule has 0 rings (SSSR count). The van der Waals surface area contributed by atoms with Crippen molar-refractivity contribution < 1.29 is 28.6 Å². The van der Waals surface area contributed by atoms with Gasteiger partial charge in [-0.25, -0.2) is 0 Å². The molecule has 414 valence electrons. The molecule has 1 atom stereocenters. The topological polar surface area (TPSA) is 78.9 Å². The summed E-state index contributed by atoms with van der Waals surface area (Å²) in [6.07, 6.45) is 69.2. The van der Waals surface area contributed by atoms with Gasteiger partial charge in [0.2, 0.25) is 0 Å². The van der Waals surface area contributed by atoms with Gasteiger partial charge in [-0.3, -0.25) is 14.4 Å². The SMILES string of the molecule is CCCCCCCCCCC/C=C\CCCCCCCC(=O)OCC(COC(=O)CCCCCCCCCCCCCCCCCCC)OC(=O)CCCCCCCCCCCCCCCCCCC. The number of carbonyl (C=O) groups excluding carboxylic acids is 3. The third-order valence-electron chi connectivity index (χ3n) is 14.5. The lowest BCUT2D eigenvalue weighted by Crippen LogP contribution is -2.30. The molecule has 0 saturated carbocycles. The van der Waals surface area contributed by atoms with Crippen molar-refractivity contribution in [3.63, 3.8) is 0 Å². The van der Waals surface area contributed by atoms with Gasteiger partial charge >= 0.3 is 17.9 Å². The third-order valence-corrected chi connectivity index (χ3v) is 14.5. The van der Waals surface area contributed by atoms with Gasteiger partial charge in [0.15, 0.2) is 6.10 Å². The Morgan fingerprint density at radius 2 is 0.471 bits per heavy atom. The van der Waals surface area contributed by atoms with Gasteiger partial charge < -0.3 is 14.2 Å².